The molecule has 0 amide bonds. The number of hydrogen-bond donors (Lipinski definition) is 1. The largest absolute Gasteiger partial charge is 0.301 e. The fourth-order valence-electron chi connectivity index (χ4n) is 2.37. The van der Waals surface area contributed by atoms with Gasteiger partial charge < -0.3 is 4.98 Å². The van der Waals surface area contributed by atoms with Crippen LogP contribution in [-0.2, 0) is 0 Å². The lowest BCUT2D eigenvalue weighted by atomic mass is 10.2. The predicted octanol–water partition coefficient (Wildman–Crippen LogP) is 2.91. The molecule has 0 unspecified atom stereocenters. The molecule has 0 saturated carbocycles. The standard InChI is InChI=1S/C17H15N3O2S/c1-10-8-11(2)18-15-14(10)16(22)20-17(19-15)23-9-13(21)12-6-4-3-5-7-12/h3-8H,9H2,1-2H3,(H,18,19,20,22). The third-order valence-corrected chi connectivity index (χ3v) is 4.29. The predicted molar refractivity (Wildman–Crippen MR) is 91.1 cm³/mol. The molecule has 0 aliphatic heterocycles. The van der Waals surface area contributed by atoms with Crippen molar-refractivity contribution < 1.29 is 4.79 Å². The van der Waals surface area contributed by atoms with Gasteiger partial charge in [0.05, 0.1) is 11.1 Å². The molecule has 1 N–H and O–H groups in total. The molecular formula is C17H15N3O2S. The van der Waals surface area contributed by atoms with Crippen LogP contribution in [0, 0.1) is 13.8 Å². The smallest absolute Gasteiger partial charge is 0.261 e. The Morgan fingerprint density at radius 2 is 1.91 bits per heavy atom. The molecule has 2 aromatic heterocycles. The molecule has 23 heavy (non-hydrogen) atoms. The first-order valence-corrected chi connectivity index (χ1v) is 8.12. The SMILES string of the molecule is Cc1cc(C)c2c(=O)[nH]c(SCC(=O)c3ccccc3)nc2n1. The van der Waals surface area contributed by atoms with E-state index < -0.39 is 0 Å². The summed E-state index contributed by atoms with van der Waals surface area (Å²) in [4.78, 5) is 35.7. The van der Waals surface area contributed by atoms with Crippen LogP contribution < -0.4 is 5.56 Å². The third kappa shape index (κ3) is 3.32. The Balaban J connectivity index is 1.87. The van der Waals surface area contributed by atoms with E-state index in [9.17, 15) is 9.59 Å². The van der Waals surface area contributed by atoms with Crippen molar-refractivity contribution in [1.29, 1.82) is 0 Å². The zero-order chi connectivity index (χ0) is 16.4. The number of thioether (sulfide) groups is 1. The molecule has 1 aromatic carbocycles. The summed E-state index contributed by atoms with van der Waals surface area (Å²) in [6, 6.07) is 10.9. The summed E-state index contributed by atoms with van der Waals surface area (Å²) in [7, 11) is 0. The number of aromatic nitrogens is 3. The zero-order valence-corrected chi connectivity index (χ0v) is 13.6. The number of nitrogens with zero attached hydrogens (tertiary/aromatic N) is 2. The molecule has 5 nitrogen and oxygen atoms in total. The number of rotatable bonds is 4. The van der Waals surface area contributed by atoms with Crippen LogP contribution in [0.2, 0.25) is 0 Å². The fraction of sp³-hybridized carbons (Fsp3) is 0.176. The molecule has 0 atom stereocenters. The van der Waals surface area contributed by atoms with Crippen LogP contribution >= 0.6 is 11.8 Å². The first-order valence-electron chi connectivity index (χ1n) is 7.14. The lowest BCUT2D eigenvalue weighted by molar-refractivity contribution is 0.102. The van der Waals surface area contributed by atoms with Gasteiger partial charge in [-0.1, -0.05) is 42.1 Å². The summed E-state index contributed by atoms with van der Waals surface area (Å²) in [5.41, 5.74) is 2.49. The highest BCUT2D eigenvalue weighted by Gasteiger charge is 2.11. The minimum absolute atomic E-state index is 0.00766. The van der Waals surface area contributed by atoms with Crippen molar-refractivity contribution in [2.24, 2.45) is 0 Å². The van der Waals surface area contributed by atoms with Crippen molar-refractivity contribution in [3.63, 3.8) is 0 Å². The van der Waals surface area contributed by atoms with Crippen molar-refractivity contribution in [2.75, 3.05) is 5.75 Å². The maximum atomic E-state index is 12.2. The van der Waals surface area contributed by atoms with Crippen LogP contribution in [0.25, 0.3) is 11.0 Å². The Kier molecular flexibility index (Phi) is 4.25. The third-order valence-electron chi connectivity index (χ3n) is 3.42. The first kappa shape index (κ1) is 15.4. The van der Waals surface area contributed by atoms with E-state index in [1.807, 2.05) is 38.1 Å². The Morgan fingerprint density at radius 3 is 2.65 bits per heavy atom. The number of pyridine rings is 1. The van der Waals surface area contributed by atoms with Gasteiger partial charge in [-0.05, 0) is 25.5 Å². The molecular weight excluding hydrogens is 310 g/mol. The van der Waals surface area contributed by atoms with E-state index in [4.69, 9.17) is 0 Å². The number of Topliss-reactive ketones (excluding diaryl/α,β-unsaturated/α-hetero) is 1. The monoisotopic (exact) mass is 325 g/mol. The van der Waals surface area contributed by atoms with Gasteiger partial charge in [0.25, 0.3) is 5.56 Å². The molecule has 2 heterocycles. The van der Waals surface area contributed by atoms with Crippen LogP contribution in [-0.4, -0.2) is 26.5 Å². The Labute approximate surface area is 137 Å². The Hall–Kier alpha value is -2.47. The maximum absolute atomic E-state index is 12.2. The van der Waals surface area contributed by atoms with Crippen molar-refractivity contribution in [3.8, 4) is 0 Å². The van der Waals surface area contributed by atoms with Gasteiger partial charge in [0.1, 0.15) is 0 Å². The van der Waals surface area contributed by atoms with Gasteiger partial charge in [-0.15, -0.1) is 0 Å². The highest BCUT2D eigenvalue weighted by molar-refractivity contribution is 7.99. The first-order chi connectivity index (χ1) is 11.0. The van der Waals surface area contributed by atoms with Gasteiger partial charge in [-0.2, -0.15) is 0 Å². The molecule has 3 rings (SSSR count). The number of H-pyrrole nitrogens is 1. The van der Waals surface area contributed by atoms with Gasteiger partial charge in [-0.3, -0.25) is 9.59 Å². The van der Waals surface area contributed by atoms with Crippen molar-refractivity contribution >= 4 is 28.6 Å². The highest BCUT2D eigenvalue weighted by Crippen LogP contribution is 2.17. The summed E-state index contributed by atoms with van der Waals surface area (Å²) in [6.45, 7) is 3.72. The van der Waals surface area contributed by atoms with Crippen LogP contribution in [0.5, 0.6) is 0 Å². The van der Waals surface area contributed by atoms with E-state index in [-0.39, 0.29) is 17.1 Å². The van der Waals surface area contributed by atoms with Gasteiger partial charge in [0.15, 0.2) is 16.6 Å². The number of carbonyl (C=O) groups excluding carboxylic acids is 1. The molecule has 0 radical (unpaired) electrons. The lowest BCUT2D eigenvalue weighted by Gasteiger charge is -2.05. The van der Waals surface area contributed by atoms with Crippen LogP contribution in [0.4, 0.5) is 0 Å². The number of hydrogen-bond acceptors (Lipinski definition) is 5. The molecule has 0 saturated heterocycles. The quantitative estimate of drug-likeness (QED) is 0.453. The average Bonchev–Trinajstić information content (AvgIpc) is 2.52. The second-order valence-corrected chi connectivity index (χ2v) is 6.19. The van der Waals surface area contributed by atoms with Crippen molar-refractivity contribution in [3.05, 3.63) is 63.6 Å². The number of ketones is 1. The van der Waals surface area contributed by atoms with Gasteiger partial charge in [-0.25, -0.2) is 9.97 Å². The molecule has 116 valence electrons. The van der Waals surface area contributed by atoms with Crippen molar-refractivity contribution in [1.82, 2.24) is 15.0 Å². The summed E-state index contributed by atoms with van der Waals surface area (Å²) in [6.07, 6.45) is 0. The number of carbonyl (C=O) groups is 1. The van der Waals surface area contributed by atoms with Crippen LogP contribution in [0.3, 0.4) is 0 Å². The maximum Gasteiger partial charge on any atom is 0.261 e. The second-order valence-electron chi connectivity index (χ2n) is 5.23. The van der Waals surface area contributed by atoms with Crippen LogP contribution in [0.15, 0.2) is 46.3 Å². The topological polar surface area (TPSA) is 75.7 Å². The van der Waals surface area contributed by atoms with Gasteiger partial charge in [0.2, 0.25) is 0 Å². The number of benzene rings is 1. The molecule has 0 aliphatic rings. The molecule has 3 aromatic rings. The normalized spacial score (nSPS) is 10.9. The van der Waals surface area contributed by atoms with E-state index in [2.05, 4.69) is 15.0 Å². The van der Waals surface area contributed by atoms with E-state index in [0.29, 0.717) is 21.8 Å². The Bertz CT molecular complexity index is 936. The molecule has 0 aliphatic carbocycles. The minimum atomic E-state index is -0.227. The fourth-order valence-corrected chi connectivity index (χ4v) is 3.12. The number of aromatic amines is 1. The molecule has 0 spiro atoms. The van der Waals surface area contributed by atoms with Crippen LogP contribution in [0.1, 0.15) is 21.6 Å². The van der Waals surface area contributed by atoms with E-state index in [0.717, 1.165) is 11.3 Å². The number of fused-ring (bicyclic) bond motifs is 1. The summed E-state index contributed by atoms with van der Waals surface area (Å²) < 4.78 is 0. The molecule has 6 heteroatoms. The molecule has 0 bridgehead atoms. The van der Waals surface area contributed by atoms with Crippen molar-refractivity contribution in [2.45, 2.75) is 19.0 Å². The van der Waals surface area contributed by atoms with Gasteiger partial charge in [0, 0.05) is 11.3 Å². The highest BCUT2D eigenvalue weighted by atomic mass is 32.2. The summed E-state index contributed by atoms with van der Waals surface area (Å²) in [5, 5.41) is 0.901. The van der Waals surface area contributed by atoms with E-state index >= 15 is 0 Å². The average molecular weight is 325 g/mol. The lowest BCUT2D eigenvalue weighted by Crippen LogP contribution is -2.13. The number of nitrogens with one attached hydrogen (secondary N) is 1. The summed E-state index contributed by atoms with van der Waals surface area (Å²) >= 11 is 1.21. The number of aryl methyl sites for hydroxylation is 2. The zero-order valence-electron chi connectivity index (χ0n) is 12.8. The van der Waals surface area contributed by atoms with E-state index in [1.165, 1.54) is 11.8 Å². The van der Waals surface area contributed by atoms with E-state index in [1.54, 1.807) is 12.1 Å². The van der Waals surface area contributed by atoms with Gasteiger partial charge >= 0.3 is 0 Å². The molecule has 0 fully saturated rings. The second kappa shape index (κ2) is 6.34. The summed E-state index contributed by atoms with van der Waals surface area (Å²) in [5.74, 6) is 0.204. The Morgan fingerprint density at radius 1 is 1.17 bits per heavy atom. The minimum Gasteiger partial charge on any atom is -0.301 e.